The minimum absolute atomic E-state index is 0.178. The number of hydrogen-bond donors (Lipinski definition) is 2. The highest BCUT2D eigenvalue weighted by Crippen LogP contribution is 2.27. The number of rotatable bonds is 5. The van der Waals surface area contributed by atoms with Gasteiger partial charge < -0.3 is 0 Å². The third-order valence-corrected chi connectivity index (χ3v) is 3.67. The second kappa shape index (κ2) is 5.94. The van der Waals surface area contributed by atoms with Crippen LogP contribution in [0.2, 0.25) is 0 Å². The topological polar surface area (TPSA) is 50.9 Å². The van der Waals surface area contributed by atoms with Gasteiger partial charge in [-0.05, 0) is 23.6 Å². The van der Waals surface area contributed by atoms with Gasteiger partial charge in [0.2, 0.25) is 0 Å². The van der Waals surface area contributed by atoms with Gasteiger partial charge in [0.25, 0.3) is 0 Å². The van der Waals surface area contributed by atoms with Crippen LogP contribution >= 0.6 is 0 Å². The fraction of sp³-hybridized carbons (Fsp3) is 0.400. The molecule has 1 heterocycles. The van der Waals surface area contributed by atoms with Crippen molar-refractivity contribution in [2.24, 2.45) is 11.8 Å². The van der Waals surface area contributed by atoms with E-state index < -0.39 is 0 Å². The molecule has 0 saturated carbocycles. The number of fused-ring (bicyclic) bond motifs is 1. The molecule has 3 N–H and O–H groups in total. The molecule has 0 aliphatic rings. The first-order valence-corrected chi connectivity index (χ1v) is 6.61. The zero-order valence-electron chi connectivity index (χ0n) is 11.1. The largest absolute Gasteiger partial charge is 0.271 e. The van der Waals surface area contributed by atoms with Gasteiger partial charge in [0.15, 0.2) is 0 Å². The SMILES string of the molecule is CCC(CC)C(NN)c1cnc2ccccc2c1. The molecule has 96 valence electrons. The molecule has 0 aliphatic carbocycles. The van der Waals surface area contributed by atoms with Crippen LogP contribution in [-0.2, 0) is 0 Å². The maximum atomic E-state index is 5.72. The predicted octanol–water partition coefficient (Wildman–Crippen LogP) is 3.18. The van der Waals surface area contributed by atoms with Gasteiger partial charge >= 0.3 is 0 Å². The summed E-state index contributed by atoms with van der Waals surface area (Å²) < 4.78 is 0. The van der Waals surface area contributed by atoms with Gasteiger partial charge in [0.05, 0.1) is 11.6 Å². The van der Waals surface area contributed by atoms with Crippen LogP contribution in [0.5, 0.6) is 0 Å². The van der Waals surface area contributed by atoms with Crippen LogP contribution in [0.15, 0.2) is 36.5 Å². The second-order valence-electron chi connectivity index (χ2n) is 4.68. The number of nitrogens with one attached hydrogen (secondary N) is 1. The number of pyridine rings is 1. The Morgan fingerprint density at radius 2 is 1.94 bits per heavy atom. The molecular weight excluding hydrogens is 222 g/mol. The highest BCUT2D eigenvalue weighted by atomic mass is 15.2. The normalized spacial score (nSPS) is 13.1. The molecule has 3 nitrogen and oxygen atoms in total. The molecule has 0 bridgehead atoms. The Hall–Kier alpha value is -1.45. The molecule has 2 aromatic rings. The lowest BCUT2D eigenvalue weighted by atomic mass is 9.89. The molecule has 1 aromatic heterocycles. The molecule has 0 aliphatic heterocycles. The summed E-state index contributed by atoms with van der Waals surface area (Å²) >= 11 is 0. The van der Waals surface area contributed by atoms with Crippen LogP contribution in [0.25, 0.3) is 10.9 Å². The van der Waals surface area contributed by atoms with Gasteiger partial charge in [0.1, 0.15) is 0 Å². The lowest BCUT2D eigenvalue weighted by Gasteiger charge is -2.24. The Morgan fingerprint density at radius 1 is 1.22 bits per heavy atom. The molecule has 0 radical (unpaired) electrons. The quantitative estimate of drug-likeness (QED) is 0.626. The van der Waals surface area contributed by atoms with Crippen molar-refractivity contribution in [3.05, 3.63) is 42.1 Å². The van der Waals surface area contributed by atoms with Gasteiger partial charge in [0, 0.05) is 11.6 Å². The Bertz CT molecular complexity index is 506. The molecule has 1 unspecified atom stereocenters. The third kappa shape index (κ3) is 2.52. The Balaban J connectivity index is 2.39. The Kier molecular flexibility index (Phi) is 4.28. The van der Waals surface area contributed by atoms with E-state index in [4.69, 9.17) is 5.84 Å². The summed E-state index contributed by atoms with van der Waals surface area (Å²) in [4.78, 5) is 4.51. The van der Waals surface area contributed by atoms with E-state index in [9.17, 15) is 0 Å². The average molecular weight is 243 g/mol. The summed E-state index contributed by atoms with van der Waals surface area (Å²) in [6.07, 6.45) is 4.15. The van der Waals surface area contributed by atoms with Crippen molar-refractivity contribution in [1.29, 1.82) is 0 Å². The average Bonchev–Trinajstić information content (AvgIpc) is 2.44. The van der Waals surface area contributed by atoms with E-state index in [1.807, 2.05) is 24.4 Å². The van der Waals surface area contributed by atoms with Gasteiger partial charge in [-0.1, -0.05) is 44.9 Å². The molecule has 2 rings (SSSR count). The minimum Gasteiger partial charge on any atom is -0.271 e. The Morgan fingerprint density at radius 3 is 2.61 bits per heavy atom. The van der Waals surface area contributed by atoms with E-state index in [0.29, 0.717) is 5.92 Å². The number of hydrazine groups is 1. The zero-order valence-corrected chi connectivity index (χ0v) is 11.1. The van der Waals surface area contributed by atoms with Crippen LogP contribution in [0, 0.1) is 5.92 Å². The molecule has 18 heavy (non-hydrogen) atoms. The van der Waals surface area contributed by atoms with Crippen molar-refractivity contribution in [3.8, 4) is 0 Å². The standard InChI is InChI=1S/C15H21N3/c1-3-11(4-2)15(18-16)13-9-12-7-5-6-8-14(12)17-10-13/h5-11,15,18H,3-4,16H2,1-2H3. The third-order valence-electron chi connectivity index (χ3n) is 3.67. The van der Waals surface area contributed by atoms with Crippen molar-refractivity contribution in [2.45, 2.75) is 32.7 Å². The molecule has 0 spiro atoms. The van der Waals surface area contributed by atoms with Crippen LogP contribution in [0.1, 0.15) is 38.3 Å². The number of para-hydroxylation sites is 1. The highest BCUT2D eigenvalue weighted by molar-refractivity contribution is 5.78. The van der Waals surface area contributed by atoms with E-state index in [2.05, 4.69) is 36.4 Å². The van der Waals surface area contributed by atoms with E-state index in [1.54, 1.807) is 0 Å². The van der Waals surface area contributed by atoms with Crippen molar-refractivity contribution in [2.75, 3.05) is 0 Å². The zero-order chi connectivity index (χ0) is 13.0. The number of benzene rings is 1. The summed E-state index contributed by atoms with van der Waals surface area (Å²) in [7, 11) is 0. The number of nitrogens with two attached hydrogens (primary N) is 1. The van der Waals surface area contributed by atoms with Gasteiger partial charge in [-0.3, -0.25) is 16.3 Å². The molecular formula is C15H21N3. The first-order chi connectivity index (χ1) is 8.80. The summed E-state index contributed by atoms with van der Waals surface area (Å²) in [5, 5.41) is 1.17. The first-order valence-electron chi connectivity index (χ1n) is 6.61. The maximum Gasteiger partial charge on any atom is 0.0702 e. The van der Waals surface area contributed by atoms with E-state index in [0.717, 1.165) is 18.4 Å². The lowest BCUT2D eigenvalue weighted by molar-refractivity contribution is 0.345. The highest BCUT2D eigenvalue weighted by Gasteiger charge is 2.19. The molecule has 0 fully saturated rings. The summed E-state index contributed by atoms with van der Waals surface area (Å²) in [5.41, 5.74) is 5.15. The Labute approximate surface area is 108 Å². The summed E-state index contributed by atoms with van der Waals surface area (Å²) in [5.74, 6) is 6.26. The van der Waals surface area contributed by atoms with Crippen LogP contribution < -0.4 is 11.3 Å². The molecule has 1 aromatic carbocycles. The van der Waals surface area contributed by atoms with Crippen LogP contribution in [0.4, 0.5) is 0 Å². The monoisotopic (exact) mass is 243 g/mol. The molecule has 0 saturated heterocycles. The van der Waals surface area contributed by atoms with Crippen LogP contribution in [0.3, 0.4) is 0 Å². The minimum atomic E-state index is 0.178. The summed E-state index contributed by atoms with van der Waals surface area (Å²) in [6, 6.07) is 10.5. The van der Waals surface area contributed by atoms with Crippen molar-refractivity contribution >= 4 is 10.9 Å². The predicted molar refractivity (Wildman–Crippen MR) is 75.9 cm³/mol. The molecule has 3 heteroatoms. The summed E-state index contributed by atoms with van der Waals surface area (Å²) in [6.45, 7) is 4.40. The lowest BCUT2D eigenvalue weighted by Crippen LogP contribution is -2.33. The number of aromatic nitrogens is 1. The van der Waals surface area contributed by atoms with Crippen molar-refractivity contribution < 1.29 is 0 Å². The van der Waals surface area contributed by atoms with Gasteiger partial charge in [-0.25, -0.2) is 0 Å². The maximum absolute atomic E-state index is 5.72. The first kappa shape index (κ1) is 13.0. The number of hydrogen-bond acceptors (Lipinski definition) is 3. The molecule has 0 amide bonds. The van der Waals surface area contributed by atoms with Crippen molar-refractivity contribution in [3.63, 3.8) is 0 Å². The van der Waals surface area contributed by atoms with E-state index in [1.165, 1.54) is 10.9 Å². The fourth-order valence-electron chi connectivity index (χ4n) is 2.52. The van der Waals surface area contributed by atoms with E-state index in [-0.39, 0.29) is 6.04 Å². The number of nitrogens with zero attached hydrogens (tertiary/aromatic N) is 1. The van der Waals surface area contributed by atoms with Crippen LogP contribution in [-0.4, -0.2) is 4.98 Å². The second-order valence-corrected chi connectivity index (χ2v) is 4.68. The van der Waals surface area contributed by atoms with Gasteiger partial charge in [-0.2, -0.15) is 0 Å². The van der Waals surface area contributed by atoms with E-state index >= 15 is 0 Å². The fourth-order valence-corrected chi connectivity index (χ4v) is 2.52. The van der Waals surface area contributed by atoms with Crippen molar-refractivity contribution in [1.82, 2.24) is 10.4 Å². The molecule has 1 atom stereocenters. The van der Waals surface area contributed by atoms with Gasteiger partial charge in [-0.15, -0.1) is 0 Å². The smallest absolute Gasteiger partial charge is 0.0702 e.